The maximum atomic E-state index is 14.2. The van der Waals surface area contributed by atoms with Gasteiger partial charge in [-0.05, 0) is 13.0 Å². The summed E-state index contributed by atoms with van der Waals surface area (Å²) >= 11 is 0. The number of esters is 1. The zero-order valence-electron chi connectivity index (χ0n) is 13.5. The van der Waals surface area contributed by atoms with Gasteiger partial charge in [0.2, 0.25) is 5.82 Å². The first kappa shape index (κ1) is 21.3. The van der Waals surface area contributed by atoms with Crippen LogP contribution in [-0.4, -0.2) is 43.7 Å². The minimum Gasteiger partial charge on any atom is -0.506 e. The summed E-state index contributed by atoms with van der Waals surface area (Å²) in [4.78, 5) is 14.7. The predicted octanol–water partition coefficient (Wildman–Crippen LogP) is 3.58. The first-order valence-corrected chi connectivity index (χ1v) is 6.92. The second-order valence-corrected chi connectivity index (χ2v) is 4.63. The monoisotopic (exact) mass is 385 g/mol. The van der Waals surface area contributed by atoms with Gasteiger partial charge in [-0.15, -0.1) is 0 Å². The molecule has 0 unspecified atom stereocenters. The third-order valence-electron chi connectivity index (χ3n) is 2.82. The molecule has 0 radical (unpaired) electrons. The Morgan fingerprint density at radius 3 is 2.38 bits per heavy atom. The van der Waals surface area contributed by atoms with Crippen molar-refractivity contribution in [1.29, 1.82) is 0 Å². The summed E-state index contributed by atoms with van der Waals surface area (Å²) in [6.07, 6.45) is -4.41. The van der Waals surface area contributed by atoms with Gasteiger partial charge < -0.3 is 14.6 Å². The average molecular weight is 385 g/mol. The largest absolute Gasteiger partial charge is 0.506 e. The van der Waals surface area contributed by atoms with Crippen molar-refractivity contribution in [3.05, 3.63) is 34.7 Å². The van der Waals surface area contributed by atoms with Crippen LogP contribution >= 0.6 is 0 Å². The van der Waals surface area contributed by atoms with Gasteiger partial charge in [0.15, 0.2) is 17.4 Å². The number of methoxy groups -OCH3 is 1. The Morgan fingerprint density at radius 1 is 1.27 bits per heavy atom. The van der Waals surface area contributed by atoms with E-state index in [1.165, 1.54) is 6.92 Å². The number of aliphatic hydroxyl groups excluding tert-OH is 1. The Balaban J connectivity index is 3.53. The number of rotatable bonds is 6. The highest BCUT2D eigenvalue weighted by Gasteiger charge is 2.28. The van der Waals surface area contributed by atoms with Gasteiger partial charge in [-0.25, -0.2) is 13.6 Å². The summed E-state index contributed by atoms with van der Waals surface area (Å²) in [7, 11) is 0.822. The van der Waals surface area contributed by atoms with Crippen molar-refractivity contribution in [1.82, 2.24) is 0 Å². The molecule has 0 atom stereocenters. The number of nitrogens with zero attached hydrogens (tertiary/aromatic N) is 1. The number of ether oxygens (including phenoxy) is 2. The molecule has 0 aliphatic heterocycles. The third kappa shape index (κ3) is 5.14. The van der Waals surface area contributed by atoms with Gasteiger partial charge in [-0.2, -0.15) is 17.6 Å². The molecule has 0 aliphatic rings. The van der Waals surface area contributed by atoms with Gasteiger partial charge in [-0.1, -0.05) is 0 Å². The molecule has 0 saturated carbocycles. The van der Waals surface area contributed by atoms with Crippen molar-refractivity contribution < 1.29 is 45.7 Å². The van der Waals surface area contributed by atoms with Gasteiger partial charge in [-0.3, -0.25) is 4.99 Å². The zero-order chi connectivity index (χ0) is 20.1. The van der Waals surface area contributed by atoms with Crippen LogP contribution in [-0.2, 0) is 9.53 Å². The molecule has 26 heavy (non-hydrogen) atoms. The molecule has 144 valence electrons. The second kappa shape index (κ2) is 8.59. The average Bonchev–Trinajstić information content (AvgIpc) is 2.54. The summed E-state index contributed by atoms with van der Waals surface area (Å²) in [6.45, 7) is -0.570. The van der Waals surface area contributed by atoms with E-state index in [1.54, 1.807) is 0 Å². The molecule has 0 aromatic heterocycles. The highest BCUT2D eigenvalue weighted by Crippen LogP contribution is 2.31. The molecule has 5 nitrogen and oxygen atoms in total. The smallest absolute Gasteiger partial charge is 0.407 e. The molecule has 1 aromatic rings. The molecule has 0 aliphatic carbocycles. The van der Waals surface area contributed by atoms with Crippen LogP contribution in [0.5, 0.6) is 5.75 Å². The van der Waals surface area contributed by atoms with Crippen LogP contribution in [0.4, 0.5) is 26.3 Å². The Morgan fingerprint density at radius 2 is 1.88 bits per heavy atom. The number of alkyl halides is 3. The molecule has 0 heterocycles. The lowest BCUT2D eigenvalue weighted by Gasteiger charge is -2.11. The molecule has 1 N–H and O–H groups in total. The van der Waals surface area contributed by atoms with Crippen LogP contribution in [0.15, 0.2) is 16.6 Å². The van der Waals surface area contributed by atoms with Crippen molar-refractivity contribution in [3.63, 3.8) is 0 Å². The third-order valence-corrected chi connectivity index (χ3v) is 2.82. The quantitative estimate of drug-likeness (QED) is 0.203. The number of aliphatic imine (C=N–C) groups is 1. The Bertz CT molecular complexity index is 743. The first-order chi connectivity index (χ1) is 12.0. The molecule has 0 saturated heterocycles. The second-order valence-electron chi connectivity index (χ2n) is 4.63. The van der Waals surface area contributed by atoms with E-state index < -0.39 is 58.8 Å². The highest BCUT2D eigenvalue weighted by molar-refractivity contribution is 6.15. The molecule has 0 bridgehead atoms. The maximum absolute atomic E-state index is 14.2. The van der Waals surface area contributed by atoms with Crippen LogP contribution in [0.1, 0.15) is 12.5 Å². The van der Waals surface area contributed by atoms with Crippen LogP contribution in [0.25, 0.3) is 5.76 Å². The van der Waals surface area contributed by atoms with Gasteiger partial charge in [0.05, 0.1) is 19.3 Å². The molecule has 1 aromatic carbocycles. The van der Waals surface area contributed by atoms with E-state index in [9.17, 15) is 36.2 Å². The summed E-state index contributed by atoms with van der Waals surface area (Å²) in [6, 6.07) is 0.208. The van der Waals surface area contributed by atoms with Crippen molar-refractivity contribution in [2.45, 2.75) is 13.1 Å². The molecular formula is C15H13F6NO4. The van der Waals surface area contributed by atoms with Gasteiger partial charge >= 0.3 is 12.1 Å². The molecule has 1 rings (SSSR count). The highest BCUT2D eigenvalue weighted by atomic mass is 19.4. The summed E-state index contributed by atoms with van der Waals surface area (Å²) in [5.74, 6) is -8.73. The number of aliphatic hydroxyl groups is 1. The zero-order valence-corrected chi connectivity index (χ0v) is 13.5. The minimum absolute atomic E-state index is 0.208. The van der Waals surface area contributed by atoms with E-state index in [0.29, 0.717) is 6.21 Å². The van der Waals surface area contributed by atoms with E-state index in [0.717, 1.165) is 7.11 Å². The minimum atomic E-state index is -4.71. The van der Waals surface area contributed by atoms with Crippen LogP contribution in [0, 0.1) is 17.5 Å². The van der Waals surface area contributed by atoms with Crippen LogP contribution in [0.3, 0.4) is 0 Å². The number of benzene rings is 1. The topological polar surface area (TPSA) is 68.1 Å². The standard InChI is InChI=1S/C15H13F6NO4/c1-3-26-14(24)8(5-22-6-15(19,20)21)12(23)7-4-9(16)11(18)13(25-2)10(7)17/h4-5,23H,3,6H2,1-2H3. The van der Waals surface area contributed by atoms with E-state index in [4.69, 9.17) is 0 Å². The lowest BCUT2D eigenvalue weighted by atomic mass is 10.1. The van der Waals surface area contributed by atoms with Crippen molar-refractivity contribution in [3.8, 4) is 5.75 Å². The van der Waals surface area contributed by atoms with E-state index in [2.05, 4.69) is 14.5 Å². The molecule has 0 spiro atoms. The van der Waals surface area contributed by atoms with Crippen molar-refractivity contribution in [2.24, 2.45) is 4.99 Å². The Labute approximate surface area is 143 Å². The van der Waals surface area contributed by atoms with Crippen LogP contribution in [0.2, 0.25) is 0 Å². The first-order valence-electron chi connectivity index (χ1n) is 6.92. The van der Waals surface area contributed by atoms with Crippen molar-refractivity contribution in [2.75, 3.05) is 20.3 Å². The fraction of sp³-hybridized carbons (Fsp3) is 0.333. The Hall–Kier alpha value is -2.72. The van der Waals surface area contributed by atoms with E-state index in [-0.39, 0.29) is 12.7 Å². The number of carbonyl (C=O) groups excluding carboxylic acids is 1. The number of hydrogen-bond donors (Lipinski definition) is 1. The number of halogens is 6. The predicted molar refractivity (Wildman–Crippen MR) is 78.5 cm³/mol. The summed E-state index contributed by atoms with van der Waals surface area (Å²) in [5, 5.41) is 10.0. The molecule has 0 amide bonds. The number of hydrogen-bond acceptors (Lipinski definition) is 5. The molecular weight excluding hydrogens is 372 g/mol. The lowest BCUT2D eigenvalue weighted by Crippen LogP contribution is -2.15. The van der Waals surface area contributed by atoms with Gasteiger partial charge in [0.1, 0.15) is 17.9 Å². The number of carbonyl (C=O) groups is 1. The van der Waals surface area contributed by atoms with Crippen LogP contribution < -0.4 is 4.74 Å². The summed E-state index contributed by atoms with van der Waals surface area (Å²) < 4.78 is 86.5. The molecule has 0 fully saturated rings. The van der Waals surface area contributed by atoms with Crippen molar-refractivity contribution >= 4 is 17.9 Å². The fourth-order valence-corrected chi connectivity index (χ4v) is 1.74. The normalized spacial score (nSPS) is 12.9. The maximum Gasteiger partial charge on any atom is 0.407 e. The Kier molecular flexibility index (Phi) is 7.04. The summed E-state index contributed by atoms with van der Waals surface area (Å²) in [5.41, 5.74) is -2.01. The SMILES string of the molecule is CCOC(=O)C(C=NCC(F)(F)F)=C(O)c1cc(F)c(F)c(OC)c1F. The lowest BCUT2D eigenvalue weighted by molar-refractivity contribution is -0.137. The fourth-order valence-electron chi connectivity index (χ4n) is 1.74. The van der Waals surface area contributed by atoms with E-state index >= 15 is 0 Å². The molecule has 11 heteroatoms. The van der Waals surface area contributed by atoms with E-state index in [1.807, 2.05) is 0 Å². The van der Waals surface area contributed by atoms with Gasteiger partial charge in [0.25, 0.3) is 0 Å². The van der Waals surface area contributed by atoms with Gasteiger partial charge in [0, 0.05) is 6.21 Å².